The highest BCUT2D eigenvalue weighted by molar-refractivity contribution is 5.81. The minimum absolute atomic E-state index is 0.00895. The van der Waals surface area contributed by atoms with E-state index in [1.165, 1.54) is 6.08 Å². The van der Waals surface area contributed by atoms with Crippen LogP contribution < -0.4 is 5.32 Å². The molecule has 0 heterocycles. The summed E-state index contributed by atoms with van der Waals surface area (Å²) < 4.78 is 9.67. The van der Waals surface area contributed by atoms with Crippen LogP contribution in [0.2, 0.25) is 0 Å². The molecule has 0 aromatic rings. The van der Waals surface area contributed by atoms with Crippen molar-refractivity contribution in [1.82, 2.24) is 5.32 Å². The summed E-state index contributed by atoms with van der Waals surface area (Å²) in [6.45, 7) is 9.36. The van der Waals surface area contributed by atoms with E-state index in [0.717, 1.165) is 6.42 Å². The molecule has 0 rings (SSSR count). The Morgan fingerprint density at radius 2 is 2.00 bits per heavy atom. The number of alkyl carbamates (subject to hydrolysis) is 1. The van der Waals surface area contributed by atoms with E-state index in [1.54, 1.807) is 6.92 Å². The molecule has 0 saturated carbocycles. The van der Waals surface area contributed by atoms with Gasteiger partial charge in [-0.3, -0.25) is 0 Å². The van der Waals surface area contributed by atoms with Crippen molar-refractivity contribution in [3.8, 4) is 0 Å². The molecule has 0 aromatic carbocycles. The average molecular weight is 243 g/mol. The number of amides is 1. The van der Waals surface area contributed by atoms with Crippen molar-refractivity contribution in [3.63, 3.8) is 0 Å². The van der Waals surface area contributed by atoms with E-state index in [2.05, 4.69) is 11.9 Å². The maximum atomic E-state index is 11.6. The topological polar surface area (TPSA) is 64.6 Å². The second-order valence-electron chi connectivity index (χ2n) is 3.65. The van der Waals surface area contributed by atoms with Gasteiger partial charge < -0.3 is 14.8 Å². The van der Waals surface area contributed by atoms with E-state index in [9.17, 15) is 9.59 Å². The lowest BCUT2D eigenvalue weighted by Gasteiger charge is -2.21. The Kier molecular flexibility index (Phi) is 7.84. The molecular weight excluding hydrogens is 222 g/mol. The van der Waals surface area contributed by atoms with Crippen molar-refractivity contribution in [2.24, 2.45) is 5.92 Å². The van der Waals surface area contributed by atoms with Crippen LogP contribution in [0.5, 0.6) is 0 Å². The summed E-state index contributed by atoms with van der Waals surface area (Å²) in [6, 6.07) is -0.669. The molecule has 0 fully saturated rings. The van der Waals surface area contributed by atoms with Crippen LogP contribution in [0.1, 0.15) is 27.2 Å². The molecule has 2 unspecified atom stereocenters. The zero-order valence-electron chi connectivity index (χ0n) is 10.7. The molecule has 5 nitrogen and oxygen atoms in total. The first-order valence-electron chi connectivity index (χ1n) is 5.77. The number of rotatable bonds is 7. The lowest BCUT2D eigenvalue weighted by atomic mass is 9.99. The van der Waals surface area contributed by atoms with E-state index < -0.39 is 18.1 Å². The van der Waals surface area contributed by atoms with E-state index >= 15 is 0 Å². The summed E-state index contributed by atoms with van der Waals surface area (Å²) in [5.74, 6) is -0.442. The smallest absolute Gasteiger partial charge is 0.408 e. The van der Waals surface area contributed by atoms with Crippen LogP contribution >= 0.6 is 0 Å². The number of nitrogens with one attached hydrogen (secondary N) is 1. The molecule has 98 valence electrons. The van der Waals surface area contributed by atoms with Gasteiger partial charge in [0.2, 0.25) is 0 Å². The van der Waals surface area contributed by atoms with E-state index in [-0.39, 0.29) is 19.1 Å². The second-order valence-corrected chi connectivity index (χ2v) is 3.65. The lowest BCUT2D eigenvalue weighted by Crippen LogP contribution is -2.46. The Labute approximate surface area is 102 Å². The minimum atomic E-state index is -0.669. The maximum Gasteiger partial charge on any atom is 0.408 e. The Morgan fingerprint density at radius 3 is 2.47 bits per heavy atom. The molecule has 0 radical (unpaired) electrons. The van der Waals surface area contributed by atoms with Crippen molar-refractivity contribution in [2.45, 2.75) is 33.2 Å². The van der Waals surface area contributed by atoms with Gasteiger partial charge in [-0.2, -0.15) is 0 Å². The minimum Gasteiger partial charge on any atom is -0.464 e. The maximum absolute atomic E-state index is 11.6. The fourth-order valence-electron chi connectivity index (χ4n) is 1.20. The first-order valence-corrected chi connectivity index (χ1v) is 5.77. The van der Waals surface area contributed by atoms with Crippen molar-refractivity contribution >= 4 is 12.1 Å². The molecule has 1 amide bonds. The molecule has 0 aliphatic heterocycles. The summed E-state index contributed by atoms with van der Waals surface area (Å²) in [5, 5.41) is 2.50. The SMILES string of the molecule is C=CCOC(=O)NC(C(=O)OCC)C(C)CC. The quantitative estimate of drug-likeness (QED) is 0.547. The van der Waals surface area contributed by atoms with Gasteiger partial charge in [-0.25, -0.2) is 9.59 Å². The molecule has 0 saturated heterocycles. The van der Waals surface area contributed by atoms with Gasteiger partial charge in [0.1, 0.15) is 12.6 Å². The van der Waals surface area contributed by atoms with Crippen LogP contribution in [0, 0.1) is 5.92 Å². The van der Waals surface area contributed by atoms with Crippen LogP contribution in [0.25, 0.3) is 0 Å². The number of hydrogen-bond acceptors (Lipinski definition) is 4. The van der Waals surface area contributed by atoms with Crippen LogP contribution in [-0.4, -0.2) is 31.3 Å². The highest BCUT2D eigenvalue weighted by Crippen LogP contribution is 2.09. The third-order valence-corrected chi connectivity index (χ3v) is 2.36. The number of esters is 1. The summed E-state index contributed by atoms with van der Waals surface area (Å²) >= 11 is 0. The molecule has 2 atom stereocenters. The zero-order chi connectivity index (χ0) is 13.3. The predicted molar refractivity (Wildman–Crippen MR) is 64.6 cm³/mol. The first kappa shape index (κ1) is 15.5. The van der Waals surface area contributed by atoms with Crippen LogP contribution in [0.3, 0.4) is 0 Å². The molecular formula is C12H21NO4. The number of carbonyl (C=O) groups is 2. The van der Waals surface area contributed by atoms with Gasteiger partial charge in [0, 0.05) is 0 Å². The predicted octanol–water partition coefficient (Wildman–Crippen LogP) is 1.88. The highest BCUT2D eigenvalue weighted by Gasteiger charge is 2.27. The normalized spacial score (nSPS) is 13.4. The lowest BCUT2D eigenvalue weighted by molar-refractivity contribution is -0.146. The van der Waals surface area contributed by atoms with Crippen molar-refractivity contribution in [3.05, 3.63) is 12.7 Å². The van der Waals surface area contributed by atoms with E-state index in [0.29, 0.717) is 0 Å². The monoisotopic (exact) mass is 243 g/mol. The molecule has 5 heteroatoms. The average Bonchev–Trinajstić information content (AvgIpc) is 2.32. The van der Waals surface area contributed by atoms with Gasteiger partial charge >= 0.3 is 12.1 Å². The Hall–Kier alpha value is -1.52. The number of carbonyl (C=O) groups excluding carboxylic acids is 2. The fraction of sp³-hybridized carbons (Fsp3) is 0.667. The molecule has 0 spiro atoms. The number of ether oxygens (including phenoxy) is 2. The standard InChI is InChI=1S/C12H21NO4/c1-5-8-17-12(15)13-10(9(4)6-2)11(14)16-7-3/h5,9-10H,1,6-8H2,2-4H3,(H,13,15). The molecule has 0 bridgehead atoms. The highest BCUT2D eigenvalue weighted by atomic mass is 16.6. The van der Waals surface area contributed by atoms with Gasteiger partial charge in [-0.05, 0) is 12.8 Å². The largest absolute Gasteiger partial charge is 0.464 e. The van der Waals surface area contributed by atoms with Gasteiger partial charge in [-0.15, -0.1) is 0 Å². The summed E-state index contributed by atoms with van der Waals surface area (Å²) in [6.07, 6.45) is 1.58. The molecule has 0 aliphatic rings. The second kappa shape index (κ2) is 8.61. The van der Waals surface area contributed by atoms with E-state index in [1.807, 2.05) is 13.8 Å². The van der Waals surface area contributed by atoms with Crippen molar-refractivity contribution in [2.75, 3.05) is 13.2 Å². The van der Waals surface area contributed by atoms with Crippen LogP contribution in [-0.2, 0) is 14.3 Å². The zero-order valence-corrected chi connectivity index (χ0v) is 10.7. The first-order chi connectivity index (χ1) is 8.06. The van der Waals surface area contributed by atoms with Gasteiger partial charge in [0.15, 0.2) is 0 Å². The molecule has 0 aromatic heterocycles. The van der Waals surface area contributed by atoms with Gasteiger partial charge in [-0.1, -0.05) is 32.9 Å². The van der Waals surface area contributed by atoms with Crippen molar-refractivity contribution < 1.29 is 19.1 Å². The summed E-state index contributed by atoms with van der Waals surface area (Å²) in [7, 11) is 0. The van der Waals surface area contributed by atoms with Gasteiger partial charge in [0.25, 0.3) is 0 Å². The summed E-state index contributed by atoms with van der Waals surface area (Å²) in [5.41, 5.74) is 0. The Balaban J connectivity index is 4.42. The van der Waals surface area contributed by atoms with Gasteiger partial charge in [0.05, 0.1) is 6.61 Å². The summed E-state index contributed by atoms with van der Waals surface area (Å²) in [4.78, 5) is 23.0. The fourth-order valence-corrected chi connectivity index (χ4v) is 1.20. The Morgan fingerprint density at radius 1 is 1.35 bits per heavy atom. The van der Waals surface area contributed by atoms with Crippen molar-refractivity contribution in [1.29, 1.82) is 0 Å². The molecule has 17 heavy (non-hydrogen) atoms. The Bertz CT molecular complexity index is 265. The van der Waals surface area contributed by atoms with Crippen LogP contribution in [0.4, 0.5) is 4.79 Å². The third kappa shape index (κ3) is 5.94. The van der Waals surface area contributed by atoms with Crippen LogP contribution in [0.15, 0.2) is 12.7 Å². The number of hydrogen-bond donors (Lipinski definition) is 1. The molecule has 1 N–H and O–H groups in total. The molecule has 0 aliphatic carbocycles. The van der Waals surface area contributed by atoms with E-state index in [4.69, 9.17) is 9.47 Å². The third-order valence-electron chi connectivity index (χ3n) is 2.36.